The van der Waals surface area contributed by atoms with Crippen molar-refractivity contribution in [2.24, 2.45) is 4.99 Å². The van der Waals surface area contributed by atoms with Gasteiger partial charge in [0.15, 0.2) is 4.80 Å². The van der Waals surface area contributed by atoms with Crippen LogP contribution in [0.4, 0.5) is 0 Å². The third-order valence-corrected chi connectivity index (χ3v) is 9.32. The fourth-order valence-electron chi connectivity index (χ4n) is 5.79. The number of para-hydroxylation sites is 1. The van der Waals surface area contributed by atoms with Crippen molar-refractivity contribution in [3.05, 3.63) is 95.2 Å². The topological polar surface area (TPSA) is 104 Å². The zero-order chi connectivity index (χ0) is 31.8. The van der Waals surface area contributed by atoms with Crippen LogP contribution in [0.1, 0.15) is 37.9 Å². The molecule has 12 heteroatoms. The highest BCUT2D eigenvalue weighted by Gasteiger charge is 2.35. The van der Waals surface area contributed by atoms with Crippen LogP contribution in [0, 0.1) is 0 Å². The Balaban J connectivity index is 1.49. The molecule has 0 spiro atoms. The molecule has 0 bridgehead atoms. The first-order chi connectivity index (χ1) is 21.7. The number of hydrogen-bond donors (Lipinski definition) is 0. The number of hydrogen-bond acceptors (Lipinski definition) is 8. The van der Waals surface area contributed by atoms with Gasteiger partial charge >= 0.3 is 5.97 Å². The molecule has 1 saturated heterocycles. The Bertz CT molecular complexity index is 2020. The van der Waals surface area contributed by atoms with Gasteiger partial charge in [-0.25, -0.2) is 9.79 Å². The summed E-state index contributed by atoms with van der Waals surface area (Å²) < 4.78 is 21.4. The Morgan fingerprint density at radius 3 is 2.67 bits per heavy atom. The van der Waals surface area contributed by atoms with Gasteiger partial charge in [-0.15, -0.1) is 0 Å². The summed E-state index contributed by atoms with van der Waals surface area (Å²) >= 11 is 4.79. The molecule has 6 rings (SSSR count). The first-order valence-corrected chi connectivity index (χ1v) is 16.3. The predicted octanol–water partition coefficient (Wildman–Crippen LogP) is 3.77. The number of fused-ring (bicyclic) bond motifs is 2. The van der Waals surface area contributed by atoms with Gasteiger partial charge < -0.3 is 23.7 Å². The first-order valence-electron chi connectivity index (χ1n) is 14.7. The van der Waals surface area contributed by atoms with E-state index in [0.29, 0.717) is 52.6 Å². The SMILES string of the molecule is COc1ccc(Br)cc1[C@H]1C(C(=O)OC(C)C)=C(C)N=c2s/c(=C\c3cn(CC(=O)N4CCOCC4)c4ccccc34)c(=O)n21. The van der Waals surface area contributed by atoms with Crippen LogP contribution in [-0.4, -0.2) is 65.4 Å². The Kier molecular flexibility index (Phi) is 8.80. The number of nitrogens with zero attached hydrogens (tertiary/aromatic N) is 4. The smallest absolute Gasteiger partial charge is 0.338 e. The lowest BCUT2D eigenvalue weighted by Gasteiger charge is -2.27. The molecule has 0 N–H and O–H groups in total. The molecule has 0 saturated carbocycles. The summed E-state index contributed by atoms with van der Waals surface area (Å²) in [4.78, 5) is 47.9. The van der Waals surface area contributed by atoms with Crippen molar-refractivity contribution in [1.82, 2.24) is 14.0 Å². The van der Waals surface area contributed by atoms with Crippen LogP contribution in [0.3, 0.4) is 0 Å². The van der Waals surface area contributed by atoms with Gasteiger partial charge in [0, 0.05) is 45.8 Å². The summed E-state index contributed by atoms with van der Waals surface area (Å²) in [6.07, 6.45) is 3.38. The number of morpholine rings is 1. The van der Waals surface area contributed by atoms with E-state index in [1.165, 1.54) is 11.3 Å². The molecule has 4 aromatic rings. The Hall–Kier alpha value is -4.00. The first kappa shape index (κ1) is 31.0. The Morgan fingerprint density at radius 2 is 1.93 bits per heavy atom. The number of ether oxygens (including phenoxy) is 3. The number of halogens is 1. The van der Waals surface area contributed by atoms with Crippen molar-refractivity contribution in [2.75, 3.05) is 33.4 Å². The zero-order valence-electron chi connectivity index (χ0n) is 25.4. The van der Waals surface area contributed by atoms with Crippen LogP contribution in [-0.2, 0) is 25.6 Å². The maximum Gasteiger partial charge on any atom is 0.338 e. The summed E-state index contributed by atoms with van der Waals surface area (Å²) in [7, 11) is 1.55. The summed E-state index contributed by atoms with van der Waals surface area (Å²) in [6.45, 7) is 7.71. The van der Waals surface area contributed by atoms with Crippen LogP contribution in [0.15, 0.2) is 74.2 Å². The average molecular weight is 694 g/mol. The number of amides is 1. The van der Waals surface area contributed by atoms with Gasteiger partial charge in [0.2, 0.25) is 5.91 Å². The predicted molar refractivity (Wildman–Crippen MR) is 175 cm³/mol. The van der Waals surface area contributed by atoms with Gasteiger partial charge in [0.05, 0.1) is 42.2 Å². The van der Waals surface area contributed by atoms with Crippen LogP contribution in [0.5, 0.6) is 5.75 Å². The van der Waals surface area contributed by atoms with Gasteiger partial charge in [0.1, 0.15) is 18.3 Å². The number of carbonyl (C=O) groups is 2. The quantitative estimate of drug-likeness (QED) is 0.273. The van der Waals surface area contributed by atoms with E-state index in [2.05, 4.69) is 15.9 Å². The molecular weight excluding hydrogens is 660 g/mol. The summed E-state index contributed by atoms with van der Waals surface area (Å²) in [5, 5.41) is 0.917. The van der Waals surface area contributed by atoms with Gasteiger partial charge in [-0.1, -0.05) is 45.5 Å². The number of benzene rings is 2. The molecule has 0 radical (unpaired) electrons. The van der Waals surface area contributed by atoms with E-state index in [0.717, 1.165) is 20.9 Å². The number of esters is 1. The minimum atomic E-state index is -0.824. The van der Waals surface area contributed by atoms with E-state index in [1.54, 1.807) is 38.5 Å². The average Bonchev–Trinajstić information content (AvgIpc) is 3.52. The molecule has 2 aromatic heterocycles. The normalized spacial score (nSPS) is 17.1. The van der Waals surface area contributed by atoms with E-state index < -0.39 is 12.0 Å². The van der Waals surface area contributed by atoms with E-state index >= 15 is 0 Å². The largest absolute Gasteiger partial charge is 0.496 e. The van der Waals surface area contributed by atoms with Crippen molar-refractivity contribution in [3.8, 4) is 5.75 Å². The lowest BCUT2D eigenvalue weighted by Crippen LogP contribution is -2.42. The van der Waals surface area contributed by atoms with Crippen molar-refractivity contribution >= 4 is 56.1 Å². The number of methoxy groups -OCH3 is 1. The molecule has 2 aliphatic rings. The van der Waals surface area contributed by atoms with Crippen LogP contribution < -0.4 is 19.6 Å². The second-order valence-electron chi connectivity index (χ2n) is 11.1. The van der Waals surface area contributed by atoms with Crippen LogP contribution in [0.25, 0.3) is 17.0 Å². The summed E-state index contributed by atoms with van der Waals surface area (Å²) in [5.74, 6) is 0.000120. The number of allylic oxidation sites excluding steroid dienone is 1. The van der Waals surface area contributed by atoms with E-state index in [-0.39, 0.29) is 29.7 Å². The highest BCUT2D eigenvalue weighted by Crippen LogP contribution is 2.37. The highest BCUT2D eigenvalue weighted by atomic mass is 79.9. The van der Waals surface area contributed by atoms with Gasteiger partial charge in [0.25, 0.3) is 5.56 Å². The summed E-state index contributed by atoms with van der Waals surface area (Å²) in [5.41, 5.74) is 2.77. The summed E-state index contributed by atoms with van der Waals surface area (Å²) in [6, 6.07) is 12.5. The van der Waals surface area contributed by atoms with Gasteiger partial charge in [-0.3, -0.25) is 14.2 Å². The van der Waals surface area contributed by atoms with Gasteiger partial charge in [-0.05, 0) is 51.1 Å². The lowest BCUT2D eigenvalue weighted by atomic mass is 9.95. The van der Waals surface area contributed by atoms with Crippen molar-refractivity contribution in [3.63, 3.8) is 0 Å². The maximum absolute atomic E-state index is 14.3. The molecule has 2 aliphatic heterocycles. The molecular formula is C33H33BrN4O6S. The van der Waals surface area contributed by atoms with Crippen molar-refractivity contribution < 1.29 is 23.8 Å². The fraction of sp³-hybridized carbons (Fsp3) is 0.333. The number of rotatable bonds is 7. The second kappa shape index (κ2) is 12.8. The van der Waals surface area contributed by atoms with E-state index in [4.69, 9.17) is 19.2 Å². The number of thiazole rings is 1. The molecule has 234 valence electrons. The highest BCUT2D eigenvalue weighted by molar-refractivity contribution is 9.10. The molecule has 45 heavy (non-hydrogen) atoms. The minimum Gasteiger partial charge on any atom is -0.496 e. The maximum atomic E-state index is 14.3. The molecule has 0 aliphatic carbocycles. The second-order valence-corrected chi connectivity index (χ2v) is 13.1. The van der Waals surface area contributed by atoms with Gasteiger partial charge in [-0.2, -0.15) is 0 Å². The molecule has 1 atom stereocenters. The molecule has 0 unspecified atom stereocenters. The third-order valence-electron chi connectivity index (χ3n) is 7.85. The van der Waals surface area contributed by atoms with Crippen molar-refractivity contribution in [2.45, 2.75) is 39.5 Å². The molecule has 1 amide bonds. The molecule has 1 fully saturated rings. The zero-order valence-corrected chi connectivity index (χ0v) is 27.8. The fourth-order valence-corrected chi connectivity index (χ4v) is 7.21. The Labute approximate surface area is 272 Å². The molecule has 10 nitrogen and oxygen atoms in total. The number of carbonyl (C=O) groups excluding carboxylic acids is 2. The van der Waals surface area contributed by atoms with Crippen LogP contribution >= 0.6 is 27.3 Å². The van der Waals surface area contributed by atoms with E-state index in [9.17, 15) is 14.4 Å². The monoisotopic (exact) mass is 692 g/mol. The molecule has 4 heterocycles. The third kappa shape index (κ3) is 6.01. The van der Waals surface area contributed by atoms with E-state index in [1.807, 2.05) is 58.1 Å². The standard InChI is InChI=1S/C33H33BrN4O6S/c1-19(2)44-32(41)29-20(3)35-33-38(30(29)24-16-22(34)9-10-26(24)42-4)31(40)27(45-33)15-21-17-37(25-8-6-5-7-23(21)25)18-28(39)36-11-13-43-14-12-36/h5-10,15-17,19,30H,11-14,18H2,1-4H3/b27-15-/t30-/m0/s1. The van der Waals surface area contributed by atoms with Crippen LogP contribution in [0.2, 0.25) is 0 Å². The Morgan fingerprint density at radius 1 is 1.18 bits per heavy atom. The minimum absolute atomic E-state index is 0.0178. The number of aromatic nitrogens is 2. The lowest BCUT2D eigenvalue weighted by molar-refractivity contribution is -0.143. The van der Waals surface area contributed by atoms with Crippen molar-refractivity contribution in [1.29, 1.82) is 0 Å². The molecule has 2 aromatic carbocycles.